The van der Waals surface area contributed by atoms with E-state index in [1.165, 1.54) is 0 Å². The SMILES string of the molecule is CC.Oc1ccccc1N(CC1CO1)CC1CO1.Oc1ccccc1N(CC1CO1)CC1CO1. The molecule has 0 saturated carbocycles. The first-order chi connectivity index (χ1) is 16.7. The van der Waals surface area contributed by atoms with E-state index in [9.17, 15) is 10.2 Å². The highest BCUT2D eigenvalue weighted by atomic mass is 16.6. The van der Waals surface area contributed by atoms with Gasteiger partial charge in [0.2, 0.25) is 0 Å². The van der Waals surface area contributed by atoms with Crippen molar-refractivity contribution >= 4 is 11.4 Å². The molecule has 8 heteroatoms. The fourth-order valence-electron chi connectivity index (χ4n) is 3.68. The second kappa shape index (κ2) is 11.8. The molecule has 6 rings (SSSR count). The van der Waals surface area contributed by atoms with Crippen LogP contribution in [0.5, 0.6) is 11.5 Å². The van der Waals surface area contributed by atoms with E-state index in [0.29, 0.717) is 35.9 Å². The molecule has 4 atom stereocenters. The van der Waals surface area contributed by atoms with Crippen molar-refractivity contribution in [3.8, 4) is 11.5 Å². The number of epoxide rings is 4. The molecule has 4 unspecified atom stereocenters. The van der Waals surface area contributed by atoms with E-state index in [1.807, 2.05) is 50.2 Å². The number of hydrogen-bond donors (Lipinski definition) is 2. The molecule has 4 fully saturated rings. The van der Waals surface area contributed by atoms with Crippen molar-refractivity contribution in [2.24, 2.45) is 0 Å². The van der Waals surface area contributed by atoms with Crippen LogP contribution < -0.4 is 9.80 Å². The van der Waals surface area contributed by atoms with Crippen molar-refractivity contribution in [2.45, 2.75) is 38.3 Å². The third-order valence-corrected chi connectivity index (χ3v) is 5.75. The Kier molecular flexibility index (Phi) is 8.50. The van der Waals surface area contributed by atoms with Gasteiger partial charge in [0.05, 0.1) is 62.2 Å². The summed E-state index contributed by atoms with van der Waals surface area (Å²) >= 11 is 0. The first kappa shape index (κ1) is 24.6. The quantitative estimate of drug-likeness (QED) is 0.510. The van der Waals surface area contributed by atoms with Gasteiger partial charge >= 0.3 is 0 Å². The van der Waals surface area contributed by atoms with Crippen molar-refractivity contribution in [3.05, 3.63) is 48.5 Å². The predicted octanol–water partition coefficient (Wildman–Crippen LogP) is 3.02. The Balaban J connectivity index is 0.000000150. The number of benzene rings is 2. The Bertz CT molecular complexity index is 795. The molecule has 8 nitrogen and oxygen atoms in total. The van der Waals surface area contributed by atoms with E-state index in [2.05, 4.69) is 9.80 Å². The fourth-order valence-corrected chi connectivity index (χ4v) is 3.68. The minimum atomic E-state index is 0.318. The molecule has 0 amide bonds. The van der Waals surface area contributed by atoms with E-state index in [4.69, 9.17) is 18.9 Å². The minimum absolute atomic E-state index is 0.318. The molecule has 34 heavy (non-hydrogen) atoms. The van der Waals surface area contributed by atoms with Crippen LogP contribution in [0.15, 0.2) is 48.5 Å². The topological polar surface area (TPSA) is 97.1 Å². The van der Waals surface area contributed by atoms with Gasteiger partial charge < -0.3 is 39.0 Å². The summed E-state index contributed by atoms with van der Waals surface area (Å²) in [5.74, 6) is 0.646. The lowest BCUT2D eigenvalue weighted by Gasteiger charge is -2.23. The highest BCUT2D eigenvalue weighted by molar-refractivity contribution is 5.58. The molecule has 0 bridgehead atoms. The van der Waals surface area contributed by atoms with E-state index < -0.39 is 0 Å². The van der Waals surface area contributed by atoms with E-state index >= 15 is 0 Å². The molecule has 0 spiro atoms. The summed E-state index contributed by atoms with van der Waals surface area (Å²) in [5, 5.41) is 19.6. The summed E-state index contributed by atoms with van der Waals surface area (Å²) in [7, 11) is 0. The molecular formula is C26H36N2O6. The van der Waals surface area contributed by atoms with Gasteiger partial charge in [0.1, 0.15) is 11.5 Å². The lowest BCUT2D eigenvalue weighted by molar-refractivity contribution is 0.386. The van der Waals surface area contributed by atoms with Gasteiger partial charge in [-0.15, -0.1) is 0 Å². The Morgan fingerprint density at radius 1 is 0.588 bits per heavy atom. The van der Waals surface area contributed by atoms with Crippen LogP contribution >= 0.6 is 0 Å². The second-order valence-corrected chi connectivity index (χ2v) is 8.61. The van der Waals surface area contributed by atoms with E-state index in [0.717, 1.165) is 64.0 Å². The fraction of sp³-hybridized carbons (Fsp3) is 0.538. The number of anilines is 2. The third kappa shape index (κ3) is 7.77. The zero-order chi connectivity index (χ0) is 23.9. The van der Waals surface area contributed by atoms with Gasteiger partial charge in [-0.25, -0.2) is 0 Å². The second-order valence-electron chi connectivity index (χ2n) is 8.61. The molecule has 4 aliphatic heterocycles. The molecule has 2 aromatic carbocycles. The van der Waals surface area contributed by atoms with Crippen molar-refractivity contribution in [2.75, 3.05) is 62.4 Å². The zero-order valence-electron chi connectivity index (χ0n) is 20.0. The first-order valence-corrected chi connectivity index (χ1v) is 12.2. The summed E-state index contributed by atoms with van der Waals surface area (Å²) in [6, 6.07) is 14.8. The minimum Gasteiger partial charge on any atom is -0.506 e. The van der Waals surface area contributed by atoms with Crippen LogP contribution in [-0.2, 0) is 18.9 Å². The summed E-state index contributed by atoms with van der Waals surface area (Å²) in [4.78, 5) is 4.29. The lowest BCUT2D eigenvalue weighted by atomic mass is 10.2. The van der Waals surface area contributed by atoms with E-state index in [1.54, 1.807) is 12.1 Å². The molecule has 186 valence electrons. The number of ether oxygens (including phenoxy) is 4. The Morgan fingerprint density at radius 3 is 1.09 bits per heavy atom. The van der Waals surface area contributed by atoms with Crippen LogP contribution in [0.1, 0.15) is 13.8 Å². The van der Waals surface area contributed by atoms with Gasteiger partial charge in [-0.2, -0.15) is 0 Å². The van der Waals surface area contributed by atoms with Gasteiger partial charge in [-0.1, -0.05) is 38.1 Å². The number of phenolic OH excluding ortho intramolecular Hbond substituents is 2. The maximum atomic E-state index is 9.82. The highest BCUT2D eigenvalue weighted by Crippen LogP contribution is 2.30. The standard InChI is InChI=1S/2C12H15NO3.C2H6/c2*14-12-4-2-1-3-11(12)13(5-9-7-15-9)6-10-8-16-10;1-2/h2*1-4,9-10,14H,5-8H2;1-2H3. The third-order valence-electron chi connectivity index (χ3n) is 5.75. The largest absolute Gasteiger partial charge is 0.506 e. The molecule has 4 aliphatic rings. The molecule has 0 radical (unpaired) electrons. The van der Waals surface area contributed by atoms with Crippen LogP contribution in [-0.4, -0.2) is 87.2 Å². The van der Waals surface area contributed by atoms with Gasteiger partial charge in [0.25, 0.3) is 0 Å². The highest BCUT2D eigenvalue weighted by Gasteiger charge is 2.32. The van der Waals surface area contributed by atoms with E-state index in [-0.39, 0.29) is 0 Å². The average Bonchev–Trinajstić information content (AvgIpc) is 3.67. The molecule has 0 aromatic heterocycles. The number of phenols is 2. The van der Waals surface area contributed by atoms with Crippen molar-refractivity contribution in [1.29, 1.82) is 0 Å². The van der Waals surface area contributed by atoms with Crippen LogP contribution in [0.3, 0.4) is 0 Å². The Hall–Kier alpha value is -2.52. The summed E-state index contributed by atoms with van der Waals surface area (Å²) in [6.07, 6.45) is 1.27. The van der Waals surface area contributed by atoms with Crippen molar-refractivity contribution in [3.63, 3.8) is 0 Å². The smallest absolute Gasteiger partial charge is 0.138 e. The maximum absolute atomic E-state index is 9.82. The monoisotopic (exact) mass is 472 g/mol. The zero-order valence-corrected chi connectivity index (χ0v) is 20.0. The predicted molar refractivity (Wildman–Crippen MR) is 131 cm³/mol. The molecular weight excluding hydrogens is 436 g/mol. The summed E-state index contributed by atoms with van der Waals surface area (Å²) < 4.78 is 21.0. The molecule has 2 aromatic rings. The number of aromatic hydroxyl groups is 2. The number of para-hydroxylation sites is 4. The molecule has 4 heterocycles. The van der Waals surface area contributed by atoms with Gasteiger partial charge in [0.15, 0.2) is 0 Å². The van der Waals surface area contributed by atoms with Crippen molar-refractivity contribution < 1.29 is 29.2 Å². The Labute approximate surface area is 201 Å². The normalized spacial score (nSPS) is 25.1. The number of nitrogens with zero attached hydrogens (tertiary/aromatic N) is 2. The van der Waals surface area contributed by atoms with Crippen LogP contribution in [0, 0.1) is 0 Å². The molecule has 0 aliphatic carbocycles. The average molecular weight is 473 g/mol. The van der Waals surface area contributed by atoms with Gasteiger partial charge in [0, 0.05) is 26.2 Å². The number of hydrogen-bond acceptors (Lipinski definition) is 8. The molecule has 4 saturated heterocycles. The Morgan fingerprint density at radius 2 is 0.853 bits per heavy atom. The van der Waals surface area contributed by atoms with Crippen LogP contribution in [0.25, 0.3) is 0 Å². The van der Waals surface area contributed by atoms with Crippen LogP contribution in [0.4, 0.5) is 11.4 Å². The first-order valence-electron chi connectivity index (χ1n) is 12.2. The van der Waals surface area contributed by atoms with Gasteiger partial charge in [-0.05, 0) is 24.3 Å². The maximum Gasteiger partial charge on any atom is 0.138 e. The number of rotatable bonds is 10. The summed E-state index contributed by atoms with van der Waals surface area (Å²) in [6.45, 7) is 10.6. The van der Waals surface area contributed by atoms with Gasteiger partial charge in [-0.3, -0.25) is 0 Å². The molecule has 2 N–H and O–H groups in total. The lowest BCUT2D eigenvalue weighted by Crippen LogP contribution is -2.31. The van der Waals surface area contributed by atoms with Crippen molar-refractivity contribution in [1.82, 2.24) is 0 Å². The summed E-state index contributed by atoms with van der Waals surface area (Å²) in [5.41, 5.74) is 1.74. The van der Waals surface area contributed by atoms with Crippen LogP contribution in [0.2, 0.25) is 0 Å².